The van der Waals surface area contributed by atoms with E-state index in [4.69, 9.17) is 5.73 Å². The van der Waals surface area contributed by atoms with Crippen molar-refractivity contribution in [1.82, 2.24) is 10.6 Å². The molecule has 1 unspecified atom stereocenters. The fourth-order valence-electron chi connectivity index (χ4n) is 2.10. The van der Waals surface area contributed by atoms with Gasteiger partial charge < -0.3 is 11.1 Å². The monoisotopic (exact) mass is 255 g/mol. The highest BCUT2D eigenvalue weighted by Gasteiger charge is 2.37. The Morgan fingerprint density at radius 2 is 2.06 bits per heavy atom. The van der Waals surface area contributed by atoms with Gasteiger partial charge >= 0.3 is 0 Å². The maximum absolute atomic E-state index is 12.2. The highest BCUT2D eigenvalue weighted by atomic mass is 16.2. The van der Waals surface area contributed by atoms with E-state index >= 15 is 0 Å². The van der Waals surface area contributed by atoms with Gasteiger partial charge in [-0.1, -0.05) is 13.8 Å². The summed E-state index contributed by atoms with van der Waals surface area (Å²) in [5, 5.41) is 4.92. The average molecular weight is 255 g/mol. The Hall–Kier alpha value is -1.43. The molecule has 1 heterocycles. The number of imide groups is 1. The quantitative estimate of drug-likeness (QED) is 0.586. The zero-order valence-electron chi connectivity index (χ0n) is 10.9. The van der Waals surface area contributed by atoms with Gasteiger partial charge in [-0.2, -0.15) is 0 Å². The van der Waals surface area contributed by atoms with Crippen LogP contribution >= 0.6 is 0 Å². The molecule has 4 N–H and O–H groups in total. The minimum absolute atomic E-state index is 0.204. The number of carbonyl (C=O) groups excluding carboxylic acids is 3. The van der Waals surface area contributed by atoms with Gasteiger partial charge in [0.05, 0.1) is 5.41 Å². The molecule has 1 aliphatic rings. The van der Waals surface area contributed by atoms with Crippen LogP contribution in [0.15, 0.2) is 0 Å². The molecule has 18 heavy (non-hydrogen) atoms. The fourth-order valence-corrected chi connectivity index (χ4v) is 2.10. The molecule has 0 aliphatic carbocycles. The van der Waals surface area contributed by atoms with Gasteiger partial charge in [0.1, 0.15) is 6.04 Å². The summed E-state index contributed by atoms with van der Waals surface area (Å²) in [5.41, 5.74) is 5.05. The highest BCUT2D eigenvalue weighted by molar-refractivity contribution is 6.02. The van der Waals surface area contributed by atoms with Crippen molar-refractivity contribution in [2.75, 3.05) is 6.54 Å². The predicted octanol–water partition coefficient (Wildman–Crippen LogP) is -0.327. The molecule has 0 aromatic heterocycles. The summed E-state index contributed by atoms with van der Waals surface area (Å²) in [4.78, 5) is 34.8. The molecule has 1 aliphatic heterocycles. The standard InChI is InChI=1S/C12H21N3O3/c1-3-12(4-2,7-13)11(18)14-8-5-6-9(16)15-10(8)17/h8H,3-7,13H2,1-2H3,(H,14,18)(H,15,16,17). The minimum Gasteiger partial charge on any atom is -0.344 e. The number of hydrogen-bond donors (Lipinski definition) is 3. The Bertz CT molecular complexity index is 342. The van der Waals surface area contributed by atoms with Gasteiger partial charge in [-0.25, -0.2) is 0 Å². The molecule has 1 atom stereocenters. The molecule has 1 saturated heterocycles. The van der Waals surface area contributed by atoms with E-state index in [9.17, 15) is 14.4 Å². The van der Waals surface area contributed by atoms with Crippen LogP contribution in [-0.2, 0) is 14.4 Å². The summed E-state index contributed by atoms with van der Waals surface area (Å²) < 4.78 is 0. The average Bonchev–Trinajstić information content (AvgIpc) is 2.36. The van der Waals surface area contributed by atoms with E-state index < -0.39 is 17.4 Å². The van der Waals surface area contributed by atoms with Gasteiger partial charge in [0.25, 0.3) is 0 Å². The van der Waals surface area contributed by atoms with E-state index in [0.29, 0.717) is 19.3 Å². The van der Waals surface area contributed by atoms with Gasteiger partial charge in [-0.3, -0.25) is 19.7 Å². The van der Waals surface area contributed by atoms with Crippen LogP contribution in [0.4, 0.5) is 0 Å². The topological polar surface area (TPSA) is 101 Å². The number of hydrogen-bond acceptors (Lipinski definition) is 4. The third kappa shape index (κ3) is 2.87. The molecule has 0 aromatic carbocycles. The summed E-state index contributed by atoms with van der Waals surface area (Å²) in [6.07, 6.45) is 1.85. The summed E-state index contributed by atoms with van der Waals surface area (Å²) >= 11 is 0. The number of carbonyl (C=O) groups is 3. The van der Waals surface area contributed by atoms with Gasteiger partial charge in [0.2, 0.25) is 17.7 Å². The van der Waals surface area contributed by atoms with Crippen LogP contribution in [0.1, 0.15) is 39.5 Å². The summed E-state index contributed by atoms with van der Waals surface area (Å²) in [6, 6.07) is -0.626. The summed E-state index contributed by atoms with van der Waals surface area (Å²) in [6.45, 7) is 4.06. The van der Waals surface area contributed by atoms with Gasteiger partial charge in [0.15, 0.2) is 0 Å². The summed E-state index contributed by atoms with van der Waals surface area (Å²) in [5.74, 6) is -0.927. The lowest BCUT2D eigenvalue weighted by Gasteiger charge is -2.31. The zero-order valence-corrected chi connectivity index (χ0v) is 10.9. The Balaban J connectivity index is 2.69. The number of nitrogens with one attached hydrogen (secondary N) is 2. The molecule has 0 bridgehead atoms. The minimum atomic E-state index is -0.626. The van der Waals surface area contributed by atoms with E-state index in [2.05, 4.69) is 10.6 Å². The summed E-state index contributed by atoms with van der Waals surface area (Å²) in [7, 11) is 0. The maximum Gasteiger partial charge on any atom is 0.249 e. The second-order valence-electron chi connectivity index (χ2n) is 4.67. The van der Waals surface area contributed by atoms with Crippen LogP contribution in [0.2, 0.25) is 0 Å². The Labute approximate surface area is 107 Å². The second kappa shape index (κ2) is 5.95. The van der Waals surface area contributed by atoms with Crippen molar-refractivity contribution in [3.63, 3.8) is 0 Å². The van der Waals surface area contributed by atoms with Gasteiger partial charge in [-0.05, 0) is 19.3 Å². The number of amides is 3. The molecular formula is C12H21N3O3. The van der Waals surface area contributed by atoms with E-state index in [1.54, 1.807) is 0 Å². The first kappa shape index (κ1) is 14.6. The van der Waals surface area contributed by atoms with Crippen molar-refractivity contribution < 1.29 is 14.4 Å². The molecule has 0 radical (unpaired) electrons. The zero-order chi connectivity index (χ0) is 13.8. The molecule has 6 nitrogen and oxygen atoms in total. The molecule has 1 rings (SSSR count). The van der Waals surface area contributed by atoms with Crippen LogP contribution in [0.3, 0.4) is 0 Å². The van der Waals surface area contributed by atoms with Crippen molar-refractivity contribution in [2.24, 2.45) is 11.1 Å². The van der Waals surface area contributed by atoms with E-state index in [-0.39, 0.29) is 24.8 Å². The predicted molar refractivity (Wildman–Crippen MR) is 66.4 cm³/mol. The SMILES string of the molecule is CCC(CC)(CN)C(=O)NC1CCC(=O)NC1=O. The number of nitrogens with two attached hydrogens (primary N) is 1. The Morgan fingerprint density at radius 3 is 2.50 bits per heavy atom. The number of piperidine rings is 1. The normalized spacial score (nSPS) is 20.5. The fraction of sp³-hybridized carbons (Fsp3) is 0.750. The first-order valence-electron chi connectivity index (χ1n) is 6.33. The van der Waals surface area contributed by atoms with Crippen molar-refractivity contribution in [2.45, 2.75) is 45.6 Å². The van der Waals surface area contributed by atoms with Gasteiger partial charge in [0, 0.05) is 13.0 Å². The van der Waals surface area contributed by atoms with Crippen LogP contribution in [0.5, 0.6) is 0 Å². The first-order chi connectivity index (χ1) is 8.49. The number of rotatable bonds is 5. The smallest absolute Gasteiger partial charge is 0.249 e. The first-order valence-corrected chi connectivity index (χ1v) is 6.33. The van der Waals surface area contributed by atoms with E-state index in [1.807, 2.05) is 13.8 Å². The lowest BCUT2D eigenvalue weighted by Crippen LogP contribution is -2.56. The Morgan fingerprint density at radius 1 is 1.44 bits per heavy atom. The molecular weight excluding hydrogens is 234 g/mol. The molecule has 102 valence electrons. The molecule has 0 aromatic rings. The highest BCUT2D eigenvalue weighted by Crippen LogP contribution is 2.25. The van der Waals surface area contributed by atoms with Crippen LogP contribution in [-0.4, -0.2) is 30.3 Å². The van der Waals surface area contributed by atoms with Crippen molar-refractivity contribution >= 4 is 17.7 Å². The van der Waals surface area contributed by atoms with Gasteiger partial charge in [-0.15, -0.1) is 0 Å². The third-order valence-corrected chi connectivity index (χ3v) is 3.77. The second-order valence-corrected chi connectivity index (χ2v) is 4.67. The lowest BCUT2D eigenvalue weighted by atomic mass is 9.81. The van der Waals surface area contributed by atoms with E-state index in [1.165, 1.54) is 0 Å². The van der Waals surface area contributed by atoms with Crippen molar-refractivity contribution in [1.29, 1.82) is 0 Å². The molecule has 6 heteroatoms. The van der Waals surface area contributed by atoms with E-state index in [0.717, 1.165) is 0 Å². The Kier molecular flexibility index (Phi) is 4.84. The van der Waals surface area contributed by atoms with Crippen molar-refractivity contribution in [3.8, 4) is 0 Å². The molecule has 0 spiro atoms. The van der Waals surface area contributed by atoms with Crippen LogP contribution < -0.4 is 16.4 Å². The van der Waals surface area contributed by atoms with Crippen molar-refractivity contribution in [3.05, 3.63) is 0 Å². The third-order valence-electron chi connectivity index (χ3n) is 3.77. The largest absolute Gasteiger partial charge is 0.344 e. The molecule has 3 amide bonds. The lowest BCUT2D eigenvalue weighted by molar-refractivity contribution is -0.140. The maximum atomic E-state index is 12.2. The molecule has 0 saturated carbocycles. The van der Waals surface area contributed by atoms with Crippen LogP contribution in [0, 0.1) is 5.41 Å². The molecule has 1 fully saturated rings. The van der Waals surface area contributed by atoms with Crippen LogP contribution in [0.25, 0.3) is 0 Å².